The predicted octanol–water partition coefficient (Wildman–Crippen LogP) is 2.85. The third-order valence-corrected chi connectivity index (χ3v) is 2.60. The lowest BCUT2D eigenvalue weighted by molar-refractivity contribution is 0.411. The van der Waals surface area contributed by atoms with Crippen LogP contribution in [0.5, 0.6) is 5.75 Å². The van der Waals surface area contributed by atoms with Gasteiger partial charge in [0.1, 0.15) is 5.75 Å². The molecule has 0 aliphatic rings. The van der Waals surface area contributed by atoms with Gasteiger partial charge in [-0.15, -0.1) is 0 Å². The van der Waals surface area contributed by atoms with Crippen molar-refractivity contribution < 1.29 is 9.26 Å². The van der Waals surface area contributed by atoms with Crippen molar-refractivity contribution in [2.75, 3.05) is 7.11 Å². The fraction of sp³-hybridized carbons (Fsp3) is 0.357. The molecule has 2 aromatic rings. The van der Waals surface area contributed by atoms with Crippen LogP contribution >= 0.6 is 0 Å². The lowest BCUT2D eigenvalue weighted by Crippen LogP contribution is -2.21. The summed E-state index contributed by atoms with van der Waals surface area (Å²) in [6, 6.07) is 10.1. The highest BCUT2D eigenvalue weighted by molar-refractivity contribution is 5.59. The monoisotopic (exact) mass is 246 g/mol. The summed E-state index contributed by atoms with van der Waals surface area (Å²) in [7, 11) is 1.65. The summed E-state index contributed by atoms with van der Waals surface area (Å²) in [5, 5.41) is 7.34. The van der Waals surface area contributed by atoms with Crippen molar-refractivity contribution in [2.45, 2.75) is 26.4 Å². The molecule has 2 rings (SSSR count). The summed E-state index contributed by atoms with van der Waals surface area (Å²) in [6.07, 6.45) is 0. The predicted molar refractivity (Wildman–Crippen MR) is 70.5 cm³/mol. The maximum absolute atomic E-state index is 5.34. The Morgan fingerprint density at radius 3 is 2.89 bits per heavy atom. The number of hydrogen-bond donors (Lipinski definition) is 1. The molecule has 0 saturated heterocycles. The molecule has 0 saturated carbocycles. The van der Waals surface area contributed by atoms with Crippen molar-refractivity contribution in [3.63, 3.8) is 0 Å². The average molecular weight is 246 g/mol. The van der Waals surface area contributed by atoms with Crippen LogP contribution in [0, 0.1) is 0 Å². The van der Waals surface area contributed by atoms with Crippen LogP contribution in [0.3, 0.4) is 0 Å². The van der Waals surface area contributed by atoms with Crippen LogP contribution < -0.4 is 10.1 Å². The van der Waals surface area contributed by atoms with E-state index in [1.165, 1.54) is 0 Å². The normalized spacial score (nSPS) is 10.9. The minimum Gasteiger partial charge on any atom is -0.497 e. The van der Waals surface area contributed by atoms with Gasteiger partial charge in [-0.1, -0.05) is 31.1 Å². The van der Waals surface area contributed by atoms with E-state index >= 15 is 0 Å². The highest BCUT2D eigenvalue weighted by Gasteiger charge is 2.07. The minimum atomic E-state index is 0.432. The van der Waals surface area contributed by atoms with Gasteiger partial charge >= 0.3 is 0 Å². The van der Waals surface area contributed by atoms with E-state index < -0.39 is 0 Å². The fourth-order valence-electron chi connectivity index (χ4n) is 1.62. The molecule has 1 N–H and O–H groups in total. The Hall–Kier alpha value is -1.81. The highest BCUT2D eigenvalue weighted by atomic mass is 16.5. The summed E-state index contributed by atoms with van der Waals surface area (Å²) < 4.78 is 10.5. The molecule has 18 heavy (non-hydrogen) atoms. The fourth-order valence-corrected chi connectivity index (χ4v) is 1.62. The molecule has 0 amide bonds. The third-order valence-electron chi connectivity index (χ3n) is 2.60. The second kappa shape index (κ2) is 5.69. The van der Waals surface area contributed by atoms with Crippen molar-refractivity contribution in [3.05, 3.63) is 36.0 Å². The lowest BCUT2D eigenvalue weighted by atomic mass is 10.1. The Kier molecular flexibility index (Phi) is 3.99. The van der Waals surface area contributed by atoms with Gasteiger partial charge in [-0.2, -0.15) is 0 Å². The van der Waals surface area contributed by atoms with Gasteiger partial charge in [0.05, 0.1) is 12.8 Å². The van der Waals surface area contributed by atoms with E-state index in [9.17, 15) is 0 Å². The molecule has 0 radical (unpaired) electrons. The van der Waals surface area contributed by atoms with Crippen LogP contribution in [0.25, 0.3) is 11.3 Å². The van der Waals surface area contributed by atoms with Crippen LogP contribution in [0.1, 0.15) is 19.5 Å². The topological polar surface area (TPSA) is 47.3 Å². The zero-order chi connectivity index (χ0) is 13.0. The number of hydrogen-bond acceptors (Lipinski definition) is 4. The lowest BCUT2D eigenvalue weighted by Gasteiger charge is -2.03. The van der Waals surface area contributed by atoms with Crippen molar-refractivity contribution in [1.29, 1.82) is 0 Å². The zero-order valence-corrected chi connectivity index (χ0v) is 10.9. The number of rotatable bonds is 5. The van der Waals surface area contributed by atoms with Gasteiger partial charge in [-0.25, -0.2) is 0 Å². The second-order valence-electron chi connectivity index (χ2n) is 4.45. The Bertz CT molecular complexity index is 506. The van der Waals surface area contributed by atoms with Gasteiger partial charge in [-0.3, -0.25) is 0 Å². The number of benzene rings is 1. The molecular weight excluding hydrogens is 228 g/mol. The highest BCUT2D eigenvalue weighted by Crippen LogP contribution is 2.24. The van der Waals surface area contributed by atoms with Gasteiger partial charge in [0.2, 0.25) is 0 Å². The van der Waals surface area contributed by atoms with E-state index in [2.05, 4.69) is 24.3 Å². The smallest absolute Gasteiger partial charge is 0.167 e. The molecule has 0 atom stereocenters. The van der Waals surface area contributed by atoms with E-state index in [0.717, 1.165) is 22.8 Å². The summed E-state index contributed by atoms with van der Waals surface area (Å²) in [5.74, 6) is 1.57. The van der Waals surface area contributed by atoms with Gasteiger partial charge in [0.15, 0.2) is 5.76 Å². The number of aromatic nitrogens is 1. The van der Waals surface area contributed by atoms with Crippen molar-refractivity contribution >= 4 is 0 Å². The Morgan fingerprint density at radius 1 is 1.33 bits per heavy atom. The van der Waals surface area contributed by atoms with Gasteiger partial charge < -0.3 is 14.6 Å². The summed E-state index contributed by atoms with van der Waals surface area (Å²) in [4.78, 5) is 0. The van der Waals surface area contributed by atoms with Crippen LogP contribution in [0.2, 0.25) is 0 Å². The summed E-state index contributed by atoms with van der Waals surface area (Å²) in [6.45, 7) is 4.91. The molecule has 0 unspecified atom stereocenters. The third kappa shape index (κ3) is 3.11. The van der Waals surface area contributed by atoms with Crippen LogP contribution in [0.15, 0.2) is 34.9 Å². The van der Waals surface area contributed by atoms with E-state index in [0.29, 0.717) is 12.6 Å². The molecule has 0 bridgehead atoms. The number of nitrogens with one attached hydrogen (secondary N) is 1. The van der Waals surface area contributed by atoms with E-state index in [-0.39, 0.29) is 0 Å². The summed E-state index contributed by atoms with van der Waals surface area (Å²) in [5.41, 5.74) is 1.87. The SMILES string of the molecule is COc1cccc(-c2cc(CNC(C)C)no2)c1. The van der Waals surface area contributed by atoms with Gasteiger partial charge in [0, 0.05) is 24.2 Å². The van der Waals surface area contributed by atoms with Crippen molar-refractivity contribution in [1.82, 2.24) is 10.5 Å². The molecule has 0 aliphatic carbocycles. The maximum atomic E-state index is 5.34. The molecule has 1 aromatic carbocycles. The molecule has 4 heteroatoms. The van der Waals surface area contributed by atoms with E-state index in [1.807, 2.05) is 30.3 Å². The molecule has 0 fully saturated rings. The largest absolute Gasteiger partial charge is 0.497 e. The van der Waals surface area contributed by atoms with E-state index in [4.69, 9.17) is 9.26 Å². The van der Waals surface area contributed by atoms with Crippen molar-refractivity contribution in [3.8, 4) is 17.1 Å². The van der Waals surface area contributed by atoms with Crippen LogP contribution in [-0.2, 0) is 6.54 Å². The minimum absolute atomic E-state index is 0.432. The molecule has 96 valence electrons. The van der Waals surface area contributed by atoms with Crippen molar-refractivity contribution in [2.24, 2.45) is 0 Å². The molecule has 4 nitrogen and oxygen atoms in total. The zero-order valence-electron chi connectivity index (χ0n) is 10.9. The average Bonchev–Trinajstić information content (AvgIpc) is 2.85. The Labute approximate surface area is 107 Å². The number of methoxy groups -OCH3 is 1. The first kappa shape index (κ1) is 12.6. The quantitative estimate of drug-likeness (QED) is 0.881. The Balaban J connectivity index is 2.13. The molecular formula is C14H18N2O2. The first-order valence-electron chi connectivity index (χ1n) is 6.02. The molecule has 0 spiro atoms. The Morgan fingerprint density at radius 2 is 2.17 bits per heavy atom. The van der Waals surface area contributed by atoms with Crippen LogP contribution in [0.4, 0.5) is 0 Å². The summed E-state index contributed by atoms with van der Waals surface area (Å²) >= 11 is 0. The first-order chi connectivity index (χ1) is 8.69. The molecule has 1 aromatic heterocycles. The second-order valence-corrected chi connectivity index (χ2v) is 4.45. The van der Waals surface area contributed by atoms with Gasteiger partial charge in [-0.05, 0) is 12.1 Å². The first-order valence-corrected chi connectivity index (χ1v) is 6.02. The standard InChI is InChI=1S/C14H18N2O2/c1-10(2)15-9-12-8-14(18-16-12)11-5-4-6-13(7-11)17-3/h4-8,10,15H,9H2,1-3H3. The maximum Gasteiger partial charge on any atom is 0.167 e. The number of nitrogens with zero attached hydrogens (tertiary/aromatic N) is 1. The number of ether oxygens (including phenoxy) is 1. The molecule has 0 aliphatic heterocycles. The van der Waals surface area contributed by atoms with Gasteiger partial charge in [0.25, 0.3) is 0 Å². The van der Waals surface area contributed by atoms with Crippen LogP contribution in [-0.4, -0.2) is 18.3 Å². The van der Waals surface area contributed by atoms with E-state index in [1.54, 1.807) is 7.11 Å². The molecule has 1 heterocycles.